The molecule has 4 rings (SSSR count). The third-order valence-electron chi connectivity index (χ3n) is 5.39. The van der Waals surface area contributed by atoms with Gasteiger partial charge in [-0.3, -0.25) is 9.59 Å². The first kappa shape index (κ1) is 34.3. The number of thioether (sulfide) groups is 2. The summed E-state index contributed by atoms with van der Waals surface area (Å²) in [4.78, 5) is 24.6. The van der Waals surface area contributed by atoms with E-state index in [0.29, 0.717) is 32.7 Å². The van der Waals surface area contributed by atoms with Gasteiger partial charge >= 0.3 is 12.7 Å². The van der Waals surface area contributed by atoms with Gasteiger partial charge < -0.3 is 20.1 Å². The van der Waals surface area contributed by atoms with Crippen LogP contribution in [0.25, 0.3) is 0 Å². The molecular weight excluding hydrogens is 662 g/mol. The Kier molecular flexibility index (Phi) is 11.6. The fourth-order valence-corrected chi connectivity index (χ4v) is 5.28. The first-order valence-corrected chi connectivity index (χ1v) is 15.0. The average molecular weight is 685 g/mol. The van der Waals surface area contributed by atoms with Crippen molar-refractivity contribution in [3.05, 3.63) is 83.9 Å². The number of aromatic nitrogens is 4. The van der Waals surface area contributed by atoms with E-state index in [1.54, 1.807) is 24.3 Å². The van der Waals surface area contributed by atoms with Crippen LogP contribution in [0.1, 0.15) is 11.1 Å². The summed E-state index contributed by atoms with van der Waals surface area (Å²) in [5.41, 5.74) is 0.646. The van der Waals surface area contributed by atoms with E-state index < -0.39 is 36.0 Å². The average Bonchev–Trinajstić information content (AvgIpc) is 2.95. The van der Waals surface area contributed by atoms with Crippen molar-refractivity contribution in [3.8, 4) is 11.5 Å². The van der Waals surface area contributed by atoms with Gasteiger partial charge in [0.05, 0.1) is 12.8 Å². The number of ether oxygens (including phenoxy) is 2. The number of anilines is 2. The van der Waals surface area contributed by atoms with Gasteiger partial charge in [-0.1, -0.05) is 24.3 Å². The molecule has 0 saturated carbocycles. The van der Waals surface area contributed by atoms with Gasteiger partial charge in [-0.25, -0.2) is 0 Å². The minimum absolute atomic E-state index is 0.179. The summed E-state index contributed by atoms with van der Waals surface area (Å²) in [5, 5.41) is 22.3. The number of carbonyl (C=O) groups excluding carboxylic acids is 2. The molecule has 2 amide bonds. The second kappa shape index (κ2) is 15.6. The molecule has 10 nitrogen and oxygen atoms in total. The van der Waals surface area contributed by atoms with Crippen molar-refractivity contribution in [2.45, 2.75) is 35.6 Å². The number of nitrogens with zero attached hydrogens (tertiary/aromatic N) is 4. The number of nitrogens with one attached hydrogen (secondary N) is 2. The van der Waals surface area contributed by atoms with Crippen molar-refractivity contribution in [1.82, 2.24) is 20.4 Å². The molecule has 0 radical (unpaired) electrons. The second-order valence-corrected chi connectivity index (χ2v) is 11.3. The van der Waals surface area contributed by atoms with Crippen LogP contribution in [0.15, 0.2) is 82.8 Å². The van der Waals surface area contributed by atoms with Crippen molar-refractivity contribution in [1.29, 1.82) is 0 Å². The summed E-state index contributed by atoms with van der Waals surface area (Å²) in [5.74, 6) is -0.227. The number of amides is 2. The number of alkyl halides is 6. The molecule has 0 unspecified atom stereocenters. The molecule has 46 heavy (non-hydrogen) atoms. The van der Waals surface area contributed by atoms with E-state index in [1.807, 2.05) is 0 Å². The Labute approximate surface area is 265 Å². The molecule has 0 aliphatic carbocycles. The molecule has 0 bridgehead atoms. The zero-order valence-corrected chi connectivity index (χ0v) is 24.9. The lowest BCUT2D eigenvalue weighted by Crippen LogP contribution is -2.18. The topological polar surface area (TPSA) is 128 Å². The summed E-state index contributed by atoms with van der Waals surface area (Å²) < 4.78 is 82.2. The smallest absolute Gasteiger partial charge is 0.406 e. The van der Waals surface area contributed by atoms with Crippen LogP contribution in [0, 0.1) is 0 Å². The summed E-state index contributed by atoms with van der Waals surface area (Å²) in [6.07, 6.45) is -10.1. The molecule has 0 aliphatic rings. The normalized spacial score (nSPS) is 11.5. The maximum absolute atomic E-state index is 12.4. The van der Waals surface area contributed by atoms with Gasteiger partial charge in [0.1, 0.15) is 21.6 Å². The van der Waals surface area contributed by atoms with Gasteiger partial charge in [-0.15, -0.1) is 70.3 Å². The third-order valence-corrected chi connectivity index (χ3v) is 7.49. The maximum atomic E-state index is 12.4. The first-order valence-electron chi connectivity index (χ1n) is 13.0. The van der Waals surface area contributed by atoms with Crippen molar-refractivity contribution in [2.75, 3.05) is 22.1 Å². The van der Waals surface area contributed by atoms with Crippen molar-refractivity contribution in [2.24, 2.45) is 0 Å². The van der Waals surface area contributed by atoms with Crippen LogP contribution in [0.3, 0.4) is 0 Å². The molecular formula is C28H22F6N6O4S2. The maximum Gasteiger partial charge on any atom is 0.573 e. The Balaban J connectivity index is 1.15. The summed E-state index contributed by atoms with van der Waals surface area (Å²) in [6.45, 7) is 0. The van der Waals surface area contributed by atoms with E-state index in [0.717, 1.165) is 24.3 Å². The van der Waals surface area contributed by atoms with Crippen LogP contribution in [0.2, 0.25) is 0 Å². The molecule has 0 saturated heterocycles. The molecule has 0 aliphatic heterocycles. The molecule has 18 heteroatoms. The fraction of sp³-hybridized carbons (Fsp3) is 0.214. The van der Waals surface area contributed by atoms with E-state index >= 15 is 0 Å². The molecule has 2 heterocycles. The molecule has 0 fully saturated rings. The quantitative estimate of drug-likeness (QED) is 0.0940. The van der Waals surface area contributed by atoms with E-state index in [4.69, 9.17) is 0 Å². The largest absolute Gasteiger partial charge is 0.573 e. The molecule has 4 aromatic rings. The lowest BCUT2D eigenvalue weighted by atomic mass is 10.1. The molecule has 2 aromatic heterocycles. The zero-order valence-electron chi connectivity index (χ0n) is 23.3. The van der Waals surface area contributed by atoms with Crippen molar-refractivity contribution >= 4 is 47.0 Å². The molecule has 0 atom stereocenters. The Bertz CT molecular complexity index is 1510. The molecule has 2 aromatic carbocycles. The minimum atomic E-state index is -4.83. The fourth-order valence-electron chi connectivity index (χ4n) is 3.67. The highest BCUT2D eigenvalue weighted by molar-refractivity contribution is 8.02. The van der Waals surface area contributed by atoms with E-state index in [-0.39, 0.29) is 24.5 Å². The van der Waals surface area contributed by atoms with Crippen LogP contribution < -0.4 is 20.1 Å². The highest BCUT2D eigenvalue weighted by Crippen LogP contribution is 2.25. The number of hydrogen-bond donors (Lipinski definition) is 2. The molecule has 0 spiro atoms. The molecule has 242 valence electrons. The summed E-state index contributed by atoms with van der Waals surface area (Å²) in [7, 11) is 0. The van der Waals surface area contributed by atoms with Gasteiger partial charge in [0.15, 0.2) is 11.6 Å². The van der Waals surface area contributed by atoms with Crippen LogP contribution in [-0.2, 0) is 22.4 Å². The lowest BCUT2D eigenvalue weighted by molar-refractivity contribution is -0.275. The van der Waals surface area contributed by atoms with Crippen LogP contribution in [0.4, 0.5) is 38.0 Å². The second-order valence-electron chi connectivity index (χ2n) is 9.05. The standard InChI is InChI=1S/C28H22F6N6O4S2/c29-27(30,31)43-19-5-1-3-17(13-19)15-23(41)35-21-7-9-25(39-37-21)45-11-12-46-26-10-8-22(38-40-26)36-24(42)16-18-4-2-6-20(14-18)44-28(32,33)34/h1-10,13-14H,11-12,15-16H2,(H,35,37,41)(H,36,38,42). The van der Waals surface area contributed by atoms with E-state index in [9.17, 15) is 35.9 Å². The number of hydrogen-bond acceptors (Lipinski definition) is 10. The minimum Gasteiger partial charge on any atom is -0.406 e. The van der Waals surface area contributed by atoms with Crippen molar-refractivity contribution < 1.29 is 45.4 Å². The van der Waals surface area contributed by atoms with Gasteiger partial charge in [-0.05, 0) is 59.7 Å². The highest BCUT2D eigenvalue weighted by atomic mass is 32.2. The number of carbonyl (C=O) groups is 2. The zero-order chi connectivity index (χ0) is 33.2. The summed E-state index contributed by atoms with van der Waals surface area (Å²) >= 11 is 2.81. The number of benzene rings is 2. The lowest BCUT2D eigenvalue weighted by Gasteiger charge is -2.10. The Morgan fingerprint density at radius 2 is 1.02 bits per heavy atom. The van der Waals surface area contributed by atoms with E-state index in [2.05, 4.69) is 40.5 Å². The van der Waals surface area contributed by atoms with Crippen LogP contribution in [-0.4, -0.2) is 56.4 Å². The first-order chi connectivity index (χ1) is 21.8. The highest BCUT2D eigenvalue weighted by Gasteiger charge is 2.32. The van der Waals surface area contributed by atoms with E-state index in [1.165, 1.54) is 47.8 Å². The van der Waals surface area contributed by atoms with Gasteiger partial charge in [-0.2, -0.15) is 0 Å². The summed E-state index contributed by atoms with van der Waals surface area (Å²) in [6, 6.07) is 16.6. The third kappa shape index (κ3) is 12.4. The monoisotopic (exact) mass is 684 g/mol. The van der Waals surface area contributed by atoms with Crippen LogP contribution >= 0.6 is 23.5 Å². The number of halogens is 6. The van der Waals surface area contributed by atoms with Gasteiger partial charge in [0.25, 0.3) is 0 Å². The molecule has 2 N–H and O–H groups in total. The van der Waals surface area contributed by atoms with Crippen molar-refractivity contribution in [3.63, 3.8) is 0 Å². The Morgan fingerprint density at radius 1 is 0.609 bits per heavy atom. The number of rotatable bonds is 13. The van der Waals surface area contributed by atoms with Gasteiger partial charge in [0.2, 0.25) is 11.8 Å². The Morgan fingerprint density at radius 3 is 1.37 bits per heavy atom. The van der Waals surface area contributed by atoms with Crippen LogP contribution in [0.5, 0.6) is 11.5 Å². The van der Waals surface area contributed by atoms with Gasteiger partial charge in [0, 0.05) is 11.5 Å². The predicted molar refractivity (Wildman–Crippen MR) is 156 cm³/mol. The Hall–Kier alpha value is -4.58. The SMILES string of the molecule is O=C(Cc1cccc(OC(F)(F)F)c1)Nc1ccc(SCCSc2ccc(NC(=O)Cc3cccc(OC(F)(F)F)c3)nn2)nn1. The predicted octanol–water partition coefficient (Wildman–Crippen LogP) is 6.31.